The molecule has 2 heterocycles. The summed E-state index contributed by atoms with van der Waals surface area (Å²) in [7, 11) is 1.58. The Labute approximate surface area is 159 Å². The predicted octanol–water partition coefficient (Wildman–Crippen LogP) is 1.93. The van der Waals surface area contributed by atoms with Crippen molar-refractivity contribution in [2.75, 3.05) is 37.4 Å². The largest absolute Gasteiger partial charge is 0.368 e. The highest BCUT2D eigenvalue weighted by Gasteiger charge is 2.39. The van der Waals surface area contributed by atoms with Crippen LogP contribution in [-0.4, -0.2) is 50.3 Å². The fourth-order valence-electron chi connectivity index (χ4n) is 3.24. The van der Waals surface area contributed by atoms with Crippen LogP contribution in [0.4, 0.5) is 11.4 Å². The average molecular weight is 384 g/mol. The molecule has 1 aromatic rings. The summed E-state index contributed by atoms with van der Waals surface area (Å²) in [5.41, 5.74) is 0.578. The maximum absolute atomic E-state index is 12.6. The standard InChI is InChI=1S/C18H25N3O4.ClH/c1-24-18(8-10-19-11-9-18)17(23)21-14-6-4-13(5-7-14)20-16(22)15-3-2-12-25-15;/h4-7,15,19H,2-3,8-12H2,1H3,(H,20,22)(H,21,23);1H. The Morgan fingerprint density at radius 1 is 1.15 bits per heavy atom. The molecule has 0 aromatic heterocycles. The van der Waals surface area contributed by atoms with Crippen LogP contribution in [0.1, 0.15) is 25.7 Å². The van der Waals surface area contributed by atoms with Crippen molar-refractivity contribution in [1.29, 1.82) is 0 Å². The third-order valence-corrected chi connectivity index (χ3v) is 4.85. The smallest absolute Gasteiger partial charge is 0.256 e. The van der Waals surface area contributed by atoms with Gasteiger partial charge in [0.2, 0.25) is 0 Å². The van der Waals surface area contributed by atoms with E-state index >= 15 is 0 Å². The van der Waals surface area contributed by atoms with E-state index in [1.54, 1.807) is 31.4 Å². The molecule has 1 atom stereocenters. The third-order valence-electron chi connectivity index (χ3n) is 4.85. The van der Waals surface area contributed by atoms with Crippen LogP contribution in [0.3, 0.4) is 0 Å². The predicted molar refractivity (Wildman–Crippen MR) is 102 cm³/mol. The van der Waals surface area contributed by atoms with Crippen molar-refractivity contribution < 1.29 is 19.1 Å². The van der Waals surface area contributed by atoms with Crippen molar-refractivity contribution in [1.82, 2.24) is 5.32 Å². The molecule has 8 heteroatoms. The van der Waals surface area contributed by atoms with E-state index in [2.05, 4.69) is 16.0 Å². The number of ether oxygens (including phenoxy) is 2. The first-order valence-electron chi connectivity index (χ1n) is 8.73. The zero-order valence-corrected chi connectivity index (χ0v) is 15.7. The lowest BCUT2D eigenvalue weighted by molar-refractivity contribution is -0.140. The number of amides is 2. The van der Waals surface area contributed by atoms with Gasteiger partial charge in [-0.05, 0) is 63.0 Å². The summed E-state index contributed by atoms with van der Waals surface area (Å²) in [6.07, 6.45) is 2.60. The SMILES string of the molecule is COC1(C(=O)Nc2ccc(NC(=O)C3CCCO3)cc2)CCNCC1.Cl. The molecule has 3 rings (SSSR count). The first-order valence-corrected chi connectivity index (χ1v) is 8.73. The number of nitrogens with one attached hydrogen (secondary N) is 3. The van der Waals surface area contributed by atoms with Crippen molar-refractivity contribution in [3.63, 3.8) is 0 Å². The quantitative estimate of drug-likeness (QED) is 0.723. The van der Waals surface area contributed by atoms with Crippen molar-refractivity contribution in [2.24, 2.45) is 0 Å². The summed E-state index contributed by atoms with van der Waals surface area (Å²) in [5, 5.41) is 8.98. The van der Waals surface area contributed by atoms with Gasteiger partial charge in [-0.3, -0.25) is 9.59 Å². The number of hydrogen-bond acceptors (Lipinski definition) is 5. The lowest BCUT2D eigenvalue weighted by atomic mass is 9.91. The summed E-state index contributed by atoms with van der Waals surface area (Å²) in [6.45, 7) is 2.16. The van der Waals surface area contributed by atoms with Crippen LogP contribution in [0.2, 0.25) is 0 Å². The van der Waals surface area contributed by atoms with Gasteiger partial charge in [0.25, 0.3) is 11.8 Å². The first-order chi connectivity index (χ1) is 12.1. The molecule has 2 aliphatic heterocycles. The van der Waals surface area contributed by atoms with Crippen LogP contribution in [0.15, 0.2) is 24.3 Å². The lowest BCUT2D eigenvalue weighted by Crippen LogP contribution is -2.51. The monoisotopic (exact) mass is 383 g/mol. The number of rotatable bonds is 5. The Morgan fingerprint density at radius 2 is 1.77 bits per heavy atom. The van der Waals surface area contributed by atoms with E-state index in [1.165, 1.54) is 0 Å². The minimum Gasteiger partial charge on any atom is -0.368 e. The molecule has 0 aliphatic carbocycles. The number of piperidine rings is 1. The van der Waals surface area contributed by atoms with E-state index in [0.717, 1.165) is 25.9 Å². The van der Waals surface area contributed by atoms with Gasteiger partial charge in [-0.15, -0.1) is 12.4 Å². The minimum absolute atomic E-state index is 0. The Balaban J connectivity index is 0.00000243. The second kappa shape index (κ2) is 9.32. The Morgan fingerprint density at radius 3 is 2.31 bits per heavy atom. The second-order valence-corrected chi connectivity index (χ2v) is 6.47. The molecule has 26 heavy (non-hydrogen) atoms. The summed E-state index contributed by atoms with van der Waals surface area (Å²) in [5.74, 6) is -0.255. The first kappa shape index (κ1) is 20.6. The summed E-state index contributed by atoms with van der Waals surface area (Å²) >= 11 is 0. The van der Waals surface area contributed by atoms with E-state index in [9.17, 15) is 9.59 Å². The van der Waals surface area contributed by atoms with Gasteiger partial charge in [0.15, 0.2) is 0 Å². The highest BCUT2D eigenvalue weighted by molar-refractivity contribution is 5.98. The summed E-state index contributed by atoms with van der Waals surface area (Å²) < 4.78 is 10.9. The van der Waals surface area contributed by atoms with Gasteiger partial charge in [-0.1, -0.05) is 0 Å². The highest BCUT2D eigenvalue weighted by Crippen LogP contribution is 2.25. The molecule has 1 unspecified atom stereocenters. The summed E-state index contributed by atoms with van der Waals surface area (Å²) in [4.78, 5) is 24.6. The number of hydrogen-bond donors (Lipinski definition) is 3. The molecule has 3 N–H and O–H groups in total. The van der Waals surface area contributed by atoms with Gasteiger partial charge in [-0.25, -0.2) is 0 Å². The van der Waals surface area contributed by atoms with Crippen LogP contribution < -0.4 is 16.0 Å². The Bertz CT molecular complexity index is 611. The number of carbonyl (C=O) groups is 2. The van der Waals surface area contributed by atoms with Crippen LogP contribution >= 0.6 is 12.4 Å². The van der Waals surface area contributed by atoms with Crippen LogP contribution in [0.25, 0.3) is 0 Å². The molecule has 7 nitrogen and oxygen atoms in total. The van der Waals surface area contributed by atoms with Crippen molar-refractivity contribution in [3.05, 3.63) is 24.3 Å². The van der Waals surface area contributed by atoms with E-state index in [0.29, 0.717) is 30.8 Å². The minimum atomic E-state index is -0.780. The maximum Gasteiger partial charge on any atom is 0.256 e. The van der Waals surface area contributed by atoms with Crippen LogP contribution in [0, 0.1) is 0 Å². The molecule has 0 bridgehead atoms. The molecule has 2 fully saturated rings. The molecular weight excluding hydrogens is 358 g/mol. The van der Waals surface area contributed by atoms with Crippen LogP contribution in [0.5, 0.6) is 0 Å². The van der Waals surface area contributed by atoms with Gasteiger partial charge >= 0.3 is 0 Å². The highest BCUT2D eigenvalue weighted by atomic mass is 35.5. The maximum atomic E-state index is 12.6. The number of halogens is 1. The molecule has 2 amide bonds. The van der Waals surface area contributed by atoms with Gasteiger partial charge in [0.05, 0.1) is 0 Å². The Kier molecular flexibility index (Phi) is 7.40. The van der Waals surface area contributed by atoms with E-state index in [-0.39, 0.29) is 30.3 Å². The zero-order chi connectivity index (χ0) is 17.7. The molecular formula is C18H26ClN3O4. The van der Waals surface area contributed by atoms with E-state index in [4.69, 9.17) is 9.47 Å². The van der Waals surface area contributed by atoms with Crippen molar-refractivity contribution in [3.8, 4) is 0 Å². The van der Waals surface area contributed by atoms with Gasteiger partial charge in [0.1, 0.15) is 11.7 Å². The number of benzene rings is 1. The van der Waals surface area contributed by atoms with Gasteiger partial charge < -0.3 is 25.4 Å². The van der Waals surface area contributed by atoms with Crippen molar-refractivity contribution >= 4 is 35.6 Å². The molecule has 2 saturated heterocycles. The summed E-state index contributed by atoms with van der Waals surface area (Å²) in [6, 6.07) is 7.08. The van der Waals surface area contributed by atoms with E-state index in [1.807, 2.05) is 0 Å². The molecule has 0 radical (unpaired) electrons. The fourth-order valence-corrected chi connectivity index (χ4v) is 3.24. The number of carbonyl (C=O) groups excluding carboxylic acids is 2. The zero-order valence-electron chi connectivity index (χ0n) is 14.9. The topological polar surface area (TPSA) is 88.7 Å². The molecule has 0 saturated carbocycles. The van der Waals surface area contributed by atoms with Gasteiger partial charge in [0, 0.05) is 25.1 Å². The lowest BCUT2D eigenvalue weighted by Gasteiger charge is -2.34. The number of methoxy groups -OCH3 is 1. The average Bonchev–Trinajstić information content (AvgIpc) is 3.19. The Hall–Kier alpha value is -1.67. The van der Waals surface area contributed by atoms with Gasteiger partial charge in [-0.2, -0.15) is 0 Å². The molecule has 144 valence electrons. The normalized spacial score (nSPS) is 21.5. The van der Waals surface area contributed by atoms with Crippen molar-refractivity contribution in [2.45, 2.75) is 37.4 Å². The number of anilines is 2. The molecule has 1 aromatic carbocycles. The second-order valence-electron chi connectivity index (χ2n) is 6.47. The third kappa shape index (κ3) is 4.73. The molecule has 0 spiro atoms. The molecule has 2 aliphatic rings. The van der Waals surface area contributed by atoms with Crippen LogP contribution in [-0.2, 0) is 19.1 Å². The van der Waals surface area contributed by atoms with E-state index < -0.39 is 5.60 Å². The fraction of sp³-hybridized carbons (Fsp3) is 0.556.